The summed E-state index contributed by atoms with van der Waals surface area (Å²) in [6, 6.07) is 16.7. The molecule has 2 N–H and O–H groups in total. The first kappa shape index (κ1) is 26.4. The average molecular weight is 455 g/mol. The summed E-state index contributed by atoms with van der Waals surface area (Å²) in [6.07, 6.45) is 1.25. The van der Waals surface area contributed by atoms with E-state index in [0.29, 0.717) is 0 Å². The second-order valence-electron chi connectivity index (χ2n) is 7.89. The van der Waals surface area contributed by atoms with E-state index in [1.807, 2.05) is 64.4 Å². The minimum Gasteiger partial charge on any atom is -0.497 e. The molecule has 2 amide bonds. The molecule has 4 rings (SSSR count). The summed E-state index contributed by atoms with van der Waals surface area (Å²) in [7, 11) is 1.62. The summed E-state index contributed by atoms with van der Waals surface area (Å²) >= 11 is 0. The van der Waals surface area contributed by atoms with Crippen LogP contribution in [0.25, 0.3) is 0 Å². The molecule has 7 heteroatoms. The first-order valence-corrected chi connectivity index (χ1v) is 11.8. The molecule has 2 aromatic carbocycles. The van der Waals surface area contributed by atoms with Crippen molar-refractivity contribution in [1.29, 1.82) is 0 Å². The van der Waals surface area contributed by atoms with Crippen molar-refractivity contribution in [2.75, 3.05) is 59.5 Å². The second-order valence-corrected chi connectivity index (χ2v) is 7.89. The van der Waals surface area contributed by atoms with Crippen molar-refractivity contribution in [2.45, 2.75) is 20.3 Å². The van der Waals surface area contributed by atoms with Gasteiger partial charge in [0.25, 0.3) is 11.8 Å². The van der Waals surface area contributed by atoms with E-state index in [1.165, 1.54) is 6.42 Å². The molecule has 0 saturated carbocycles. The number of methoxy groups -OCH3 is 1. The molecule has 0 atom stereocenters. The molecule has 0 unspecified atom stereocenters. The number of nitrogens with one attached hydrogen (secondary N) is 2. The molecule has 0 aliphatic carbocycles. The van der Waals surface area contributed by atoms with Gasteiger partial charge in [-0.1, -0.05) is 38.5 Å². The second kappa shape index (κ2) is 15.0. The fourth-order valence-electron chi connectivity index (χ4n) is 3.42. The van der Waals surface area contributed by atoms with Crippen LogP contribution < -0.4 is 15.4 Å². The van der Waals surface area contributed by atoms with Crippen LogP contribution >= 0.6 is 0 Å². The van der Waals surface area contributed by atoms with Gasteiger partial charge in [-0.05, 0) is 36.4 Å². The van der Waals surface area contributed by atoms with E-state index in [-0.39, 0.29) is 11.8 Å². The predicted molar refractivity (Wildman–Crippen MR) is 133 cm³/mol. The lowest BCUT2D eigenvalue weighted by Crippen LogP contribution is -2.46. The summed E-state index contributed by atoms with van der Waals surface area (Å²) in [5.41, 5.74) is 1.51. The Morgan fingerprint density at radius 3 is 1.52 bits per heavy atom. The van der Waals surface area contributed by atoms with Crippen molar-refractivity contribution in [3.8, 4) is 5.75 Å². The summed E-state index contributed by atoms with van der Waals surface area (Å²) in [4.78, 5) is 27.7. The van der Waals surface area contributed by atoms with Crippen molar-refractivity contribution in [3.05, 3.63) is 65.7 Å². The van der Waals surface area contributed by atoms with Crippen LogP contribution in [0.2, 0.25) is 0 Å². The smallest absolute Gasteiger partial charge is 0.253 e. The molecular weight excluding hydrogens is 416 g/mol. The van der Waals surface area contributed by atoms with Crippen LogP contribution in [0.1, 0.15) is 41.0 Å². The Morgan fingerprint density at radius 1 is 0.727 bits per heavy atom. The number of benzene rings is 2. The molecular formula is C26H38N4O3. The van der Waals surface area contributed by atoms with Gasteiger partial charge in [0.1, 0.15) is 5.75 Å². The van der Waals surface area contributed by atoms with Crippen molar-refractivity contribution in [1.82, 2.24) is 20.4 Å². The van der Waals surface area contributed by atoms with Gasteiger partial charge in [-0.2, -0.15) is 0 Å². The zero-order valence-electron chi connectivity index (χ0n) is 20.2. The Balaban J connectivity index is 0.000000210. The standard InChI is InChI=1S/C12H16N2O2.C11H14N2O.C3H8/c1-16-11-4-2-10(3-5-11)12(15)14-8-6-13-7-9-14;14-11(10-4-2-1-3-5-10)13-8-6-12-7-9-13;1-3-2/h2-5,13H,6-9H2,1H3;1-5,12H,6-9H2;3H2,1-2H3. The Morgan fingerprint density at radius 2 is 1.12 bits per heavy atom. The van der Waals surface area contributed by atoms with Crippen LogP contribution in [0.4, 0.5) is 0 Å². The van der Waals surface area contributed by atoms with Crippen molar-refractivity contribution in [2.24, 2.45) is 0 Å². The van der Waals surface area contributed by atoms with Crippen molar-refractivity contribution in [3.63, 3.8) is 0 Å². The molecule has 2 aliphatic heterocycles. The summed E-state index contributed by atoms with van der Waals surface area (Å²) in [5.74, 6) is 1.02. The quantitative estimate of drug-likeness (QED) is 0.746. The third kappa shape index (κ3) is 8.86. The fraction of sp³-hybridized carbons (Fsp3) is 0.462. The van der Waals surface area contributed by atoms with E-state index in [2.05, 4.69) is 24.5 Å². The van der Waals surface area contributed by atoms with Gasteiger partial charge in [-0.25, -0.2) is 0 Å². The van der Waals surface area contributed by atoms with E-state index >= 15 is 0 Å². The van der Waals surface area contributed by atoms with Crippen LogP contribution in [-0.2, 0) is 0 Å². The summed E-state index contributed by atoms with van der Waals surface area (Å²) in [6.45, 7) is 11.0. The average Bonchev–Trinajstić information content (AvgIpc) is 2.90. The van der Waals surface area contributed by atoms with Crippen molar-refractivity contribution >= 4 is 11.8 Å². The number of carbonyl (C=O) groups is 2. The maximum absolute atomic E-state index is 12.1. The Bertz CT molecular complexity index is 815. The number of amides is 2. The first-order chi connectivity index (χ1) is 16.1. The summed E-state index contributed by atoms with van der Waals surface area (Å²) < 4.78 is 5.06. The van der Waals surface area contributed by atoms with Gasteiger partial charge in [0, 0.05) is 63.5 Å². The van der Waals surface area contributed by atoms with E-state index < -0.39 is 0 Å². The minimum atomic E-state index is 0.101. The molecule has 0 radical (unpaired) electrons. The maximum Gasteiger partial charge on any atom is 0.253 e. The first-order valence-electron chi connectivity index (χ1n) is 11.8. The van der Waals surface area contributed by atoms with Gasteiger partial charge in [0.2, 0.25) is 0 Å². The molecule has 180 valence electrons. The topological polar surface area (TPSA) is 73.9 Å². The molecule has 2 heterocycles. The number of ether oxygens (including phenoxy) is 1. The Kier molecular flexibility index (Phi) is 12.0. The van der Waals surface area contributed by atoms with E-state index in [0.717, 1.165) is 69.2 Å². The fourth-order valence-corrected chi connectivity index (χ4v) is 3.42. The number of nitrogens with zero attached hydrogens (tertiary/aromatic N) is 2. The number of rotatable bonds is 3. The predicted octanol–water partition coefficient (Wildman–Crippen LogP) is 2.89. The molecule has 33 heavy (non-hydrogen) atoms. The van der Waals surface area contributed by atoms with Gasteiger partial charge in [0.15, 0.2) is 0 Å². The van der Waals surface area contributed by atoms with Crippen molar-refractivity contribution < 1.29 is 14.3 Å². The number of piperazine rings is 2. The summed E-state index contributed by atoms with van der Waals surface area (Å²) in [5, 5.41) is 6.45. The Labute approximate surface area is 198 Å². The van der Waals surface area contributed by atoms with Crippen LogP contribution in [0.5, 0.6) is 5.75 Å². The molecule has 2 fully saturated rings. The minimum absolute atomic E-state index is 0.101. The SMILES string of the molecule is CCC.COc1ccc(C(=O)N2CCNCC2)cc1.O=C(c1ccccc1)N1CCNCC1. The highest BCUT2D eigenvalue weighted by molar-refractivity contribution is 5.94. The third-order valence-corrected chi connectivity index (χ3v) is 5.17. The highest BCUT2D eigenvalue weighted by atomic mass is 16.5. The Hall–Kier alpha value is -2.90. The number of hydrogen-bond donors (Lipinski definition) is 2. The van der Waals surface area contributed by atoms with E-state index in [1.54, 1.807) is 7.11 Å². The zero-order valence-corrected chi connectivity index (χ0v) is 20.2. The zero-order chi connectivity index (χ0) is 23.9. The molecule has 0 spiro atoms. The van der Waals surface area contributed by atoms with E-state index in [4.69, 9.17) is 4.74 Å². The van der Waals surface area contributed by atoms with E-state index in [9.17, 15) is 9.59 Å². The van der Waals surface area contributed by atoms with Crippen LogP contribution in [0, 0.1) is 0 Å². The highest BCUT2D eigenvalue weighted by Gasteiger charge is 2.18. The van der Waals surface area contributed by atoms with Gasteiger partial charge in [-0.15, -0.1) is 0 Å². The van der Waals surface area contributed by atoms with Gasteiger partial charge in [-0.3, -0.25) is 9.59 Å². The van der Waals surface area contributed by atoms with Crippen LogP contribution in [0.3, 0.4) is 0 Å². The normalized spacial score (nSPS) is 15.4. The van der Waals surface area contributed by atoms with Gasteiger partial charge >= 0.3 is 0 Å². The molecule has 2 aromatic rings. The largest absolute Gasteiger partial charge is 0.497 e. The molecule has 2 saturated heterocycles. The number of hydrogen-bond acceptors (Lipinski definition) is 5. The highest BCUT2D eigenvalue weighted by Crippen LogP contribution is 2.13. The molecule has 7 nitrogen and oxygen atoms in total. The monoisotopic (exact) mass is 454 g/mol. The van der Waals surface area contributed by atoms with Gasteiger partial charge in [0.05, 0.1) is 7.11 Å². The molecule has 2 aliphatic rings. The van der Waals surface area contributed by atoms with Gasteiger partial charge < -0.3 is 25.2 Å². The maximum atomic E-state index is 12.1. The van der Waals surface area contributed by atoms with Crippen LogP contribution in [-0.4, -0.2) is 81.1 Å². The number of carbonyl (C=O) groups excluding carboxylic acids is 2. The lowest BCUT2D eigenvalue weighted by molar-refractivity contribution is 0.0728. The molecule has 0 aromatic heterocycles. The van der Waals surface area contributed by atoms with Crippen LogP contribution in [0.15, 0.2) is 54.6 Å². The lowest BCUT2D eigenvalue weighted by Gasteiger charge is -2.27. The molecule has 0 bridgehead atoms. The third-order valence-electron chi connectivity index (χ3n) is 5.17. The lowest BCUT2D eigenvalue weighted by atomic mass is 10.2.